The smallest absolute Gasteiger partial charge is 0.226 e. The van der Waals surface area contributed by atoms with Gasteiger partial charge in [0.15, 0.2) is 5.11 Å². The maximum Gasteiger partial charge on any atom is 0.226 e. The molecule has 2 aromatic carbocycles. The average molecular weight is 342 g/mol. The number of unbranched alkanes of at least 4 members (excludes halogenated alkanes) is 1. The third-order valence-electron chi connectivity index (χ3n) is 3.37. The van der Waals surface area contributed by atoms with Crippen molar-refractivity contribution in [3.63, 3.8) is 0 Å². The van der Waals surface area contributed by atoms with Gasteiger partial charge in [0.1, 0.15) is 12.4 Å². The molecule has 0 atom stereocenters. The van der Waals surface area contributed by atoms with Crippen LogP contribution in [0.1, 0.15) is 31.7 Å². The summed E-state index contributed by atoms with van der Waals surface area (Å²) < 4.78 is 5.73. The third kappa shape index (κ3) is 6.38. The van der Waals surface area contributed by atoms with Crippen LogP contribution in [0, 0.1) is 0 Å². The normalized spacial score (nSPS) is 10.0. The van der Waals surface area contributed by atoms with Crippen LogP contribution in [0.15, 0.2) is 54.6 Å². The summed E-state index contributed by atoms with van der Waals surface area (Å²) in [5.74, 6) is 0.722. The maximum absolute atomic E-state index is 11.6. The lowest BCUT2D eigenvalue weighted by molar-refractivity contribution is -0.119. The van der Waals surface area contributed by atoms with Crippen LogP contribution in [0.5, 0.6) is 5.75 Å². The highest BCUT2D eigenvalue weighted by Gasteiger charge is 2.04. The molecule has 0 aliphatic rings. The fraction of sp³-hybridized carbons (Fsp3) is 0.263. The molecule has 1 amide bonds. The number of rotatable bonds is 7. The summed E-state index contributed by atoms with van der Waals surface area (Å²) in [4.78, 5) is 11.6. The highest BCUT2D eigenvalue weighted by atomic mass is 32.1. The van der Waals surface area contributed by atoms with E-state index in [0.29, 0.717) is 18.1 Å². The fourth-order valence-electron chi connectivity index (χ4n) is 2.06. The predicted molar refractivity (Wildman–Crippen MR) is 101 cm³/mol. The lowest BCUT2D eigenvalue weighted by atomic mass is 10.2. The molecule has 0 spiro atoms. The maximum atomic E-state index is 11.6. The predicted octanol–water partition coefficient (Wildman–Crippen LogP) is 4.27. The van der Waals surface area contributed by atoms with Crippen LogP contribution < -0.4 is 15.4 Å². The van der Waals surface area contributed by atoms with Gasteiger partial charge in [-0.15, -0.1) is 0 Å². The molecule has 2 aromatic rings. The van der Waals surface area contributed by atoms with Crippen molar-refractivity contribution in [3.05, 3.63) is 60.2 Å². The van der Waals surface area contributed by atoms with Gasteiger partial charge in [0.05, 0.1) is 0 Å². The zero-order chi connectivity index (χ0) is 17.2. The zero-order valence-corrected chi connectivity index (χ0v) is 14.6. The Balaban J connectivity index is 1.79. The van der Waals surface area contributed by atoms with Crippen LogP contribution in [-0.4, -0.2) is 11.0 Å². The van der Waals surface area contributed by atoms with Crippen molar-refractivity contribution in [1.29, 1.82) is 0 Å². The molecule has 0 saturated carbocycles. The number of carbonyl (C=O) groups excluding carboxylic acids is 1. The monoisotopic (exact) mass is 342 g/mol. The van der Waals surface area contributed by atoms with Crippen molar-refractivity contribution < 1.29 is 9.53 Å². The van der Waals surface area contributed by atoms with Gasteiger partial charge in [0.2, 0.25) is 5.91 Å². The van der Waals surface area contributed by atoms with Gasteiger partial charge in [-0.2, -0.15) is 0 Å². The lowest BCUT2D eigenvalue weighted by Gasteiger charge is -2.11. The highest BCUT2D eigenvalue weighted by Crippen LogP contribution is 2.17. The molecule has 5 heteroatoms. The van der Waals surface area contributed by atoms with E-state index in [1.165, 1.54) is 0 Å². The first-order valence-electron chi connectivity index (χ1n) is 8.05. The minimum Gasteiger partial charge on any atom is -0.489 e. The van der Waals surface area contributed by atoms with E-state index < -0.39 is 0 Å². The number of amides is 1. The van der Waals surface area contributed by atoms with Gasteiger partial charge in [-0.25, -0.2) is 0 Å². The molecule has 0 saturated heterocycles. The third-order valence-corrected chi connectivity index (χ3v) is 3.57. The largest absolute Gasteiger partial charge is 0.489 e. The number of hydrogen-bond acceptors (Lipinski definition) is 3. The van der Waals surface area contributed by atoms with Gasteiger partial charge >= 0.3 is 0 Å². The van der Waals surface area contributed by atoms with E-state index in [1.54, 1.807) is 0 Å². The molecular formula is C19H22N2O2S. The van der Waals surface area contributed by atoms with Gasteiger partial charge in [-0.05, 0) is 48.5 Å². The molecule has 2 N–H and O–H groups in total. The molecule has 0 unspecified atom stereocenters. The molecule has 0 bridgehead atoms. The van der Waals surface area contributed by atoms with Gasteiger partial charge in [-0.1, -0.05) is 43.7 Å². The number of carbonyl (C=O) groups is 1. The molecule has 2 rings (SSSR count). The van der Waals surface area contributed by atoms with Crippen molar-refractivity contribution in [2.45, 2.75) is 32.8 Å². The Morgan fingerprint density at radius 1 is 1.08 bits per heavy atom. The summed E-state index contributed by atoms with van der Waals surface area (Å²) in [5.41, 5.74) is 1.93. The Kier molecular flexibility index (Phi) is 7.23. The lowest BCUT2D eigenvalue weighted by Crippen LogP contribution is -2.33. The second kappa shape index (κ2) is 9.67. The Hall–Kier alpha value is -2.40. The van der Waals surface area contributed by atoms with Crippen molar-refractivity contribution in [2.75, 3.05) is 5.32 Å². The van der Waals surface area contributed by atoms with Crippen LogP contribution in [0.25, 0.3) is 0 Å². The van der Waals surface area contributed by atoms with Crippen molar-refractivity contribution in [1.82, 2.24) is 5.32 Å². The van der Waals surface area contributed by atoms with Crippen LogP contribution in [0.2, 0.25) is 0 Å². The van der Waals surface area contributed by atoms with E-state index in [2.05, 4.69) is 10.6 Å². The van der Waals surface area contributed by atoms with E-state index in [9.17, 15) is 4.79 Å². The summed E-state index contributed by atoms with van der Waals surface area (Å²) in [6.07, 6.45) is 2.34. The Morgan fingerprint density at radius 2 is 1.79 bits per heavy atom. The topological polar surface area (TPSA) is 50.4 Å². The van der Waals surface area contributed by atoms with E-state index in [1.807, 2.05) is 61.5 Å². The van der Waals surface area contributed by atoms with E-state index in [4.69, 9.17) is 17.0 Å². The van der Waals surface area contributed by atoms with Gasteiger partial charge in [-0.3, -0.25) is 4.79 Å². The minimum atomic E-state index is -0.0582. The summed E-state index contributed by atoms with van der Waals surface area (Å²) in [7, 11) is 0. The second-order valence-corrected chi connectivity index (χ2v) is 5.81. The molecule has 0 aliphatic carbocycles. The van der Waals surface area contributed by atoms with Crippen LogP contribution in [0.4, 0.5) is 5.69 Å². The molecule has 0 aromatic heterocycles. The fourth-order valence-corrected chi connectivity index (χ4v) is 2.30. The first-order chi connectivity index (χ1) is 11.7. The number of hydrogen-bond donors (Lipinski definition) is 2. The standard InChI is InChI=1S/C19H22N2O2S/c1-2-3-9-18(22)21-19(24)20-16-10-12-17(13-11-16)23-14-15-7-5-4-6-8-15/h4-8,10-13H,2-3,9,14H2,1H3,(H2,20,21,22,24). The number of thiocarbonyl (C=S) groups is 1. The van der Waals surface area contributed by atoms with Crippen LogP contribution >= 0.6 is 12.2 Å². The Bertz CT molecular complexity index is 657. The molecule has 0 fully saturated rings. The Morgan fingerprint density at radius 3 is 2.46 bits per heavy atom. The quantitative estimate of drug-likeness (QED) is 0.738. The molecule has 0 radical (unpaired) electrons. The summed E-state index contributed by atoms with van der Waals surface area (Å²) in [6, 6.07) is 17.5. The molecule has 0 aliphatic heterocycles. The van der Waals surface area contributed by atoms with Crippen molar-refractivity contribution in [2.24, 2.45) is 0 Å². The number of ether oxygens (including phenoxy) is 1. The summed E-state index contributed by atoms with van der Waals surface area (Å²) in [6.45, 7) is 2.57. The van der Waals surface area contributed by atoms with Gasteiger partial charge in [0, 0.05) is 12.1 Å². The summed E-state index contributed by atoms with van der Waals surface area (Å²) in [5, 5.41) is 5.98. The molecule has 126 valence electrons. The number of anilines is 1. The molecule has 0 heterocycles. The van der Waals surface area contributed by atoms with Gasteiger partial charge in [0.25, 0.3) is 0 Å². The zero-order valence-electron chi connectivity index (χ0n) is 13.7. The minimum absolute atomic E-state index is 0.0582. The van der Waals surface area contributed by atoms with Crippen molar-refractivity contribution >= 4 is 28.9 Å². The molecule has 24 heavy (non-hydrogen) atoms. The highest BCUT2D eigenvalue weighted by molar-refractivity contribution is 7.80. The summed E-state index contributed by atoms with van der Waals surface area (Å²) >= 11 is 5.14. The van der Waals surface area contributed by atoms with E-state index >= 15 is 0 Å². The second-order valence-electron chi connectivity index (χ2n) is 5.40. The first-order valence-corrected chi connectivity index (χ1v) is 8.46. The number of benzene rings is 2. The molecule has 4 nitrogen and oxygen atoms in total. The van der Waals surface area contributed by atoms with E-state index in [0.717, 1.165) is 29.8 Å². The first kappa shape index (κ1) is 17.9. The van der Waals surface area contributed by atoms with E-state index in [-0.39, 0.29) is 5.91 Å². The van der Waals surface area contributed by atoms with Crippen molar-refractivity contribution in [3.8, 4) is 5.75 Å². The molecular weight excluding hydrogens is 320 g/mol. The van der Waals surface area contributed by atoms with Gasteiger partial charge < -0.3 is 15.4 Å². The van der Waals surface area contributed by atoms with Crippen LogP contribution in [-0.2, 0) is 11.4 Å². The number of nitrogens with one attached hydrogen (secondary N) is 2. The van der Waals surface area contributed by atoms with Crippen LogP contribution in [0.3, 0.4) is 0 Å². The average Bonchev–Trinajstić information content (AvgIpc) is 2.60. The Labute approximate surface area is 148 Å². The SMILES string of the molecule is CCCCC(=O)NC(=S)Nc1ccc(OCc2ccccc2)cc1.